The van der Waals surface area contributed by atoms with Crippen LogP contribution >= 0.6 is 27.5 Å². The van der Waals surface area contributed by atoms with Gasteiger partial charge in [-0.2, -0.15) is 0 Å². The summed E-state index contributed by atoms with van der Waals surface area (Å²) in [6.45, 7) is 0.697. The number of benzene rings is 2. The minimum atomic E-state index is -0.395. The molecule has 0 N–H and O–H groups in total. The van der Waals surface area contributed by atoms with Crippen molar-refractivity contribution in [1.82, 2.24) is 4.90 Å². The molecule has 0 saturated carbocycles. The molecule has 1 fully saturated rings. The zero-order valence-corrected chi connectivity index (χ0v) is 15.6. The highest BCUT2D eigenvalue weighted by Crippen LogP contribution is 2.26. The van der Waals surface area contributed by atoms with Crippen molar-refractivity contribution in [3.8, 4) is 0 Å². The molecule has 2 aromatic rings. The second-order valence-corrected chi connectivity index (χ2v) is 7.06. The molecule has 0 radical (unpaired) electrons. The first kappa shape index (κ1) is 17.9. The van der Waals surface area contributed by atoms with Gasteiger partial charge in [0.05, 0.1) is 10.6 Å². The lowest BCUT2D eigenvalue weighted by Crippen LogP contribution is -2.42. The lowest BCUT2D eigenvalue weighted by molar-refractivity contribution is -0.127. The Morgan fingerprint density at radius 2 is 1.96 bits per heavy atom. The zero-order chi connectivity index (χ0) is 18.0. The van der Waals surface area contributed by atoms with Gasteiger partial charge in [-0.05, 0) is 48.9 Å². The molecule has 1 saturated heterocycles. The summed E-state index contributed by atoms with van der Waals surface area (Å²) in [6.07, 6.45) is 1.24. The lowest BCUT2D eigenvalue weighted by Gasteiger charge is -2.28. The molecular weight excluding hydrogens is 411 g/mol. The lowest BCUT2D eigenvalue weighted by atomic mass is 10.2. The standard InChI is InChI=1S/C18H15BrClFN2O2/c19-12-3-8-16(20)15(10-12)18(25)23(11-22-9-1-2-17(22)24)14-6-4-13(21)5-7-14/h3-8,10H,1-2,9,11H2. The van der Waals surface area contributed by atoms with Crippen molar-refractivity contribution in [2.75, 3.05) is 18.1 Å². The van der Waals surface area contributed by atoms with Gasteiger partial charge in [0.2, 0.25) is 5.91 Å². The first-order valence-corrected chi connectivity index (χ1v) is 8.93. The number of nitrogens with zero attached hydrogens (tertiary/aromatic N) is 2. The van der Waals surface area contributed by atoms with Gasteiger partial charge < -0.3 is 4.90 Å². The fourth-order valence-electron chi connectivity index (χ4n) is 2.72. The van der Waals surface area contributed by atoms with Gasteiger partial charge in [-0.1, -0.05) is 27.5 Å². The monoisotopic (exact) mass is 424 g/mol. The number of hydrogen-bond donors (Lipinski definition) is 0. The third-order valence-corrected chi connectivity index (χ3v) is 4.85. The minimum absolute atomic E-state index is 0.000232. The van der Waals surface area contributed by atoms with Gasteiger partial charge >= 0.3 is 0 Å². The molecule has 1 aliphatic heterocycles. The molecular formula is C18H15BrClFN2O2. The van der Waals surface area contributed by atoms with Gasteiger partial charge in [0, 0.05) is 23.1 Å². The first-order chi connectivity index (χ1) is 12.0. The predicted molar refractivity (Wildman–Crippen MR) is 98.2 cm³/mol. The molecule has 4 nitrogen and oxygen atoms in total. The summed E-state index contributed by atoms with van der Waals surface area (Å²) in [6, 6.07) is 10.6. The molecule has 130 valence electrons. The molecule has 0 spiro atoms. The van der Waals surface area contributed by atoms with Crippen molar-refractivity contribution in [2.24, 2.45) is 0 Å². The summed E-state index contributed by atoms with van der Waals surface area (Å²) in [5.41, 5.74) is 0.814. The maximum absolute atomic E-state index is 13.3. The molecule has 25 heavy (non-hydrogen) atoms. The molecule has 0 unspecified atom stereocenters. The highest BCUT2D eigenvalue weighted by molar-refractivity contribution is 9.10. The number of carbonyl (C=O) groups is 2. The van der Waals surface area contributed by atoms with Gasteiger partial charge in [-0.3, -0.25) is 14.5 Å². The molecule has 2 aromatic carbocycles. The van der Waals surface area contributed by atoms with Crippen LogP contribution < -0.4 is 4.90 Å². The van der Waals surface area contributed by atoms with Gasteiger partial charge in [-0.15, -0.1) is 0 Å². The van der Waals surface area contributed by atoms with Crippen molar-refractivity contribution in [2.45, 2.75) is 12.8 Å². The van der Waals surface area contributed by atoms with E-state index in [1.54, 1.807) is 23.1 Å². The van der Waals surface area contributed by atoms with Crippen LogP contribution in [0.15, 0.2) is 46.9 Å². The fraction of sp³-hybridized carbons (Fsp3) is 0.222. The summed E-state index contributed by atoms with van der Waals surface area (Å²) >= 11 is 9.52. The Morgan fingerprint density at radius 3 is 2.60 bits per heavy atom. The number of amides is 2. The van der Waals surface area contributed by atoms with Crippen LogP contribution in [0.3, 0.4) is 0 Å². The second kappa shape index (κ2) is 7.54. The molecule has 3 rings (SSSR count). The molecule has 0 bridgehead atoms. The summed E-state index contributed by atoms with van der Waals surface area (Å²) in [5.74, 6) is -0.744. The summed E-state index contributed by atoms with van der Waals surface area (Å²) in [4.78, 5) is 28.1. The smallest absolute Gasteiger partial charge is 0.261 e. The van der Waals surface area contributed by atoms with Crippen molar-refractivity contribution >= 4 is 45.0 Å². The van der Waals surface area contributed by atoms with E-state index in [9.17, 15) is 14.0 Å². The highest BCUT2D eigenvalue weighted by atomic mass is 79.9. The van der Waals surface area contributed by atoms with Crippen LogP contribution in [0.1, 0.15) is 23.2 Å². The molecule has 0 aromatic heterocycles. The SMILES string of the molecule is O=C1CCCN1CN(C(=O)c1cc(Br)ccc1Cl)c1ccc(F)cc1. The van der Waals surface area contributed by atoms with Crippen LogP contribution in [0.2, 0.25) is 5.02 Å². The Balaban J connectivity index is 1.97. The van der Waals surface area contributed by atoms with E-state index in [-0.39, 0.29) is 18.5 Å². The van der Waals surface area contributed by atoms with E-state index >= 15 is 0 Å². The fourth-order valence-corrected chi connectivity index (χ4v) is 3.27. The highest BCUT2D eigenvalue weighted by Gasteiger charge is 2.27. The van der Waals surface area contributed by atoms with Crippen molar-refractivity contribution in [1.29, 1.82) is 0 Å². The molecule has 0 atom stereocenters. The van der Waals surface area contributed by atoms with Crippen LogP contribution in [0.5, 0.6) is 0 Å². The van der Waals surface area contributed by atoms with E-state index in [0.717, 1.165) is 10.9 Å². The molecule has 0 aliphatic carbocycles. The van der Waals surface area contributed by atoms with E-state index in [0.29, 0.717) is 29.2 Å². The van der Waals surface area contributed by atoms with Crippen molar-refractivity contribution < 1.29 is 14.0 Å². The topological polar surface area (TPSA) is 40.6 Å². The normalized spacial score (nSPS) is 14.0. The van der Waals surface area contributed by atoms with Gasteiger partial charge in [0.25, 0.3) is 5.91 Å². The van der Waals surface area contributed by atoms with Gasteiger partial charge in [0.15, 0.2) is 0 Å². The van der Waals surface area contributed by atoms with Crippen LogP contribution in [0.25, 0.3) is 0 Å². The third-order valence-electron chi connectivity index (χ3n) is 4.03. The van der Waals surface area contributed by atoms with Crippen molar-refractivity contribution in [3.63, 3.8) is 0 Å². The van der Waals surface area contributed by atoms with E-state index < -0.39 is 5.82 Å². The van der Waals surface area contributed by atoms with Crippen LogP contribution in [0, 0.1) is 5.82 Å². The van der Waals surface area contributed by atoms with Crippen LogP contribution in [-0.2, 0) is 4.79 Å². The third kappa shape index (κ3) is 4.02. The Kier molecular flexibility index (Phi) is 5.39. The zero-order valence-electron chi connectivity index (χ0n) is 13.2. The average Bonchev–Trinajstić information content (AvgIpc) is 3.00. The maximum atomic E-state index is 13.3. The van der Waals surface area contributed by atoms with E-state index in [1.807, 2.05) is 0 Å². The predicted octanol–water partition coefficient (Wildman–Crippen LogP) is 4.47. The Bertz CT molecular complexity index is 813. The average molecular weight is 426 g/mol. The van der Waals surface area contributed by atoms with Crippen LogP contribution in [0.4, 0.5) is 10.1 Å². The Labute approximate surface area is 158 Å². The van der Waals surface area contributed by atoms with Crippen molar-refractivity contribution in [3.05, 3.63) is 63.3 Å². The Morgan fingerprint density at radius 1 is 1.24 bits per heavy atom. The second-order valence-electron chi connectivity index (χ2n) is 5.74. The first-order valence-electron chi connectivity index (χ1n) is 7.76. The molecule has 1 aliphatic rings. The van der Waals surface area contributed by atoms with Gasteiger partial charge in [-0.25, -0.2) is 4.39 Å². The minimum Gasteiger partial charge on any atom is -0.324 e. The largest absolute Gasteiger partial charge is 0.324 e. The molecule has 2 amide bonds. The number of rotatable bonds is 4. The number of halogens is 3. The quantitative estimate of drug-likeness (QED) is 0.725. The number of likely N-dealkylation sites (tertiary alicyclic amines) is 1. The number of anilines is 1. The molecule has 1 heterocycles. The summed E-state index contributed by atoms with van der Waals surface area (Å²) in [5, 5.41) is 0.313. The number of carbonyl (C=O) groups excluding carboxylic acids is 2. The summed E-state index contributed by atoms with van der Waals surface area (Å²) in [7, 11) is 0. The summed E-state index contributed by atoms with van der Waals surface area (Å²) < 4.78 is 14.0. The van der Waals surface area contributed by atoms with E-state index in [1.165, 1.54) is 29.2 Å². The van der Waals surface area contributed by atoms with Crippen LogP contribution in [-0.4, -0.2) is 29.9 Å². The van der Waals surface area contributed by atoms with Gasteiger partial charge in [0.1, 0.15) is 12.5 Å². The maximum Gasteiger partial charge on any atom is 0.261 e. The van der Waals surface area contributed by atoms with E-state index in [2.05, 4.69) is 15.9 Å². The molecule has 7 heteroatoms. The Hall–Kier alpha value is -1.92. The number of hydrogen-bond acceptors (Lipinski definition) is 2. The van der Waals surface area contributed by atoms with E-state index in [4.69, 9.17) is 11.6 Å².